The summed E-state index contributed by atoms with van der Waals surface area (Å²) in [5, 5.41) is 13.6. The minimum atomic E-state index is -0.542. The number of hydrogen-bond donors (Lipinski definition) is 1. The second-order valence-corrected chi connectivity index (χ2v) is 6.98. The number of fused-ring (bicyclic) bond motifs is 1. The molecule has 3 aromatic rings. The standard InChI is InChI=1S/C23H18N2O6/c1-30-21-13-17(25(28)29)8-10-19(21)24-22(26)15-7-9-18-16(11-15)12-20(31-23(18)27)14-5-3-2-4-6-14/h2-11,13,20H,12H2,1H3,(H,24,26)/t20-/m0/s1. The zero-order valence-corrected chi connectivity index (χ0v) is 16.5. The lowest BCUT2D eigenvalue weighted by Gasteiger charge is -2.25. The van der Waals surface area contributed by atoms with E-state index in [1.807, 2.05) is 30.3 Å². The van der Waals surface area contributed by atoms with Crippen molar-refractivity contribution in [2.75, 3.05) is 12.4 Å². The fraction of sp³-hybridized carbons (Fsp3) is 0.130. The fourth-order valence-corrected chi connectivity index (χ4v) is 3.48. The SMILES string of the molecule is COc1cc([N+](=O)[O-])ccc1NC(=O)c1ccc2c(c1)C[C@@H](c1ccccc1)OC2=O. The molecule has 0 bridgehead atoms. The van der Waals surface area contributed by atoms with Crippen LogP contribution in [0.3, 0.4) is 0 Å². The Morgan fingerprint density at radius 2 is 1.90 bits per heavy atom. The van der Waals surface area contributed by atoms with Crippen LogP contribution in [0.5, 0.6) is 5.75 Å². The van der Waals surface area contributed by atoms with Gasteiger partial charge in [0.2, 0.25) is 0 Å². The molecule has 1 amide bonds. The first-order chi connectivity index (χ1) is 15.0. The minimum absolute atomic E-state index is 0.144. The minimum Gasteiger partial charge on any atom is -0.494 e. The van der Waals surface area contributed by atoms with Gasteiger partial charge in [0.1, 0.15) is 11.9 Å². The van der Waals surface area contributed by atoms with E-state index in [4.69, 9.17) is 9.47 Å². The Balaban J connectivity index is 1.58. The lowest BCUT2D eigenvalue weighted by atomic mass is 9.93. The van der Waals surface area contributed by atoms with Crippen LogP contribution in [0.2, 0.25) is 0 Å². The van der Waals surface area contributed by atoms with E-state index in [2.05, 4.69) is 5.32 Å². The molecule has 0 saturated carbocycles. The third kappa shape index (κ3) is 4.09. The largest absolute Gasteiger partial charge is 0.494 e. The molecule has 31 heavy (non-hydrogen) atoms. The summed E-state index contributed by atoms with van der Waals surface area (Å²) in [6.07, 6.45) is 0.0295. The molecule has 1 aliphatic rings. The van der Waals surface area contributed by atoms with Gasteiger partial charge in [0.05, 0.1) is 29.4 Å². The molecule has 0 spiro atoms. The van der Waals surface area contributed by atoms with Gasteiger partial charge in [-0.15, -0.1) is 0 Å². The van der Waals surface area contributed by atoms with E-state index in [-0.39, 0.29) is 11.4 Å². The van der Waals surface area contributed by atoms with Crippen molar-refractivity contribution in [1.82, 2.24) is 0 Å². The Morgan fingerprint density at radius 1 is 1.13 bits per heavy atom. The molecule has 0 aromatic heterocycles. The number of carbonyl (C=O) groups excluding carboxylic acids is 2. The van der Waals surface area contributed by atoms with Crippen LogP contribution in [-0.4, -0.2) is 23.9 Å². The summed E-state index contributed by atoms with van der Waals surface area (Å²) in [6, 6.07) is 18.1. The van der Waals surface area contributed by atoms with Gasteiger partial charge in [-0.05, 0) is 35.4 Å². The number of hydrogen-bond acceptors (Lipinski definition) is 6. The van der Waals surface area contributed by atoms with Crippen LogP contribution in [0.25, 0.3) is 0 Å². The summed E-state index contributed by atoms with van der Waals surface area (Å²) < 4.78 is 10.7. The van der Waals surface area contributed by atoms with Gasteiger partial charge in [-0.2, -0.15) is 0 Å². The zero-order valence-electron chi connectivity index (χ0n) is 16.5. The molecule has 8 heteroatoms. The number of methoxy groups -OCH3 is 1. The number of nitrogens with one attached hydrogen (secondary N) is 1. The second kappa shape index (κ2) is 8.27. The zero-order chi connectivity index (χ0) is 22.0. The van der Waals surface area contributed by atoms with Crippen molar-refractivity contribution in [3.63, 3.8) is 0 Å². The van der Waals surface area contributed by atoms with E-state index in [0.717, 1.165) is 5.56 Å². The highest BCUT2D eigenvalue weighted by Crippen LogP contribution is 2.32. The van der Waals surface area contributed by atoms with Crippen LogP contribution >= 0.6 is 0 Å². The molecule has 4 rings (SSSR count). The number of non-ortho nitro benzene ring substituents is 1. The lowest BCUT2D eigenvalue weighted by molar-refractivity contribution is -0.384. The number of benzene rings is 3. The van der Waals surface area contributed by atoms with Gasteiger partial charge in [-0.1, -0.05) is 30.3 Å². The molecule has 0 aliphatic carbocycles. The van der Waals surface area contributed by atoms with Crippen molar-refractivity contribution in [1.29, 1.82) is 0 Å². The molecule has 1 atom stereocenters. The number of rotatable bonds is 5. The molecule has 1 N–H and O–H groups in total. The summed E-state index contributed by atoms with van der Waals surface area (Å²) in [5.74, 6) is -0.683. The quantitative estimate of drug-likeness (QED) is 0.376. The van der Waals surface area contributed by atoms with Crippen LogP contribution in [0.1, 0.15) is 37.9 Å². The molecule has 0 radical (unpaired) electrons. The van der Waals surface area contributed by atoms with Gasteiger partial charge in [0.15, 0.2) is 0 Å². The number of nitro benzene ring substituents is 1. The summed E-state index contributed by atoms with van der Waals surface area (Å²) in [7, 11) is 1.36. The maximum absolute atomic E-state index is 12.8. The Kier molecular flexibility index (Phi) is 5.36. The van der Waals surface area contributed by atoms with Crippen LogP contribution < -0.4 is 10.1 Å². The van der Waals surface area contributed by atoms with Crippen LogP contribution in [-0.2, 0) is 11.2 Å². The Morgan fingerprint density at radius 3 is 2.61 bits per heavy atom. The van der Waals surface area contributed by atoms with Crippen LogP contribution in [0.15, 0.2) is 66.7 Å². The van der Waals surface area contributed by atoms with Gasteiger partial charge < -0.3 is 14.8 Å². The number of cyclic esters (lactones) is 1. The van der Waals surface area contributed by atoms with Crippen LogP contribution in [0, 0.1) is 10.1 Å². The summed E-state index contributed by atoms with van der Waals surface area (Å²) in [5.41, 5.74) is 2.53. The topological polar surface area (TPSA) is 108 Å². The first-order valence-electron chi connectivity index (χ1n) is 9.49. The molecule has 1 heterocycles. The van der Waals surface area contributed by atoms with E-state index >= 15 is 0 Å². The molecular weight excluding hydrogens is 400 g/mol. The first-order valence-corrected chi connectivity index (χ1v) is 9.49. The number of nitrogens with zero attached hydrogens (tertiary/aromatic N) is 1. The molecule has 8 nitrogen and oxygen atoms in total. The number of carbonyl (C=O) groups is 2. The van der Waals surface area contributed by atoms with Gasteiger partial charge in [0.25, 0.3) is 11.6 Å². The normalized spacial score (nSPS) is 14.9. The highest BCUT2D eigenvalue weighted by Gasteiger charge is 2.28. The second-order valence-electron chi connectivity index (χ2n) is 6.98. The summed E-state index contributed by atoms with van der Waals surface area (Å²) >= 11 is 0. The van der Waals surface area contributed by atoms with Crippen molar-refractivity contribution in [3.05, 3.63) is 99.1 Å². The Hall–Kier alpha value is -4.20. The Labute approximate surface area is 177 Å². The summed E-state index contributed by atoms with van der Waals surface area (Å²) in [4.78, 5) is 35.6. The first kappa shape index (κ1) is 20.1. The monoisotopic (exact) mass is 418 g/mol. The predicted octanol–water partition coefficient (Wildman–Crippen LogP) is 4.31. The van der Waals surface area contributed by atoms with Crippen molar-refractivity contribution >= 4 is 23.3 Å². The van der Waals surface area contributed by atoms with Crippen molar-refractivity contribution < 1.29 is 24.0 Å². The third-order valence-electron chi connectivity index (χ3n) is 5.06. The molecule has 0 saturated heterocycles. The number of esters is 1. The van der Waals surface area contributed by atoms with Crippen molar-refractivity contribution in [2.45, 2.75) is 12.5 Å². The van der Waals surface area contributed by atoms with E-state index in [9.17, 15) is 19.7 Å². The number of nitro groups is 1. The van der Waals surface area contributed by atoms with E-state index < -0.39 is 22.9 Å². The van der Waals surface area contributed by atoms with Gasteiger partial charge in [-0.3, -0.25) is 14.9 Å². The third-order valence-corrected chi connectivity index (χ3v) is 5.06. The van der Waals surface area contributed by atoms with Gasteiger partial charge in [0, 0.05) is 18.1 Å². The van der Waals surface area contributed by atoms with Gasteiger partial charge >= 0.3 is 5.97 Å². The van der Waals surface area contributed by atoms with Crippen molar-refractivity contribution in [2.24, 2.45) is 0 Å². The maximum atomic E-state index is 12.8. The lowest BCUT2D eigenvalue weighted by Crippen LogP contribution is -2.23. The smallest absolute Gasteiger partial charge is 0.339 e. The van der Waals surface area contributed by atoms with E-state index in [1.165, 1.54) is 31.4 Å². The number of ether oxygens (including phenoxy) is 2. The highest BCUT2D eigenvalue weighted by atomic mass is 16.6. The molecule has 3 aromatic carbocycles. The Bertz CT molecular complexity index is 1180. The van der Waals surface area contributed by atoms with Crippen LogP contribution in [0.4, 0.5) is 11.4 Å². The van der Waals surface area contributed by atoms with E-state index in [1.54, 1.807) is 12.1 Å². The fourth-order valence-electron chi connectivity index (χ4n) is 3.48. The highest BCUT2D eigenvalue weighted by molar-refractivity contribution is 6.06. The average molecular weight is 418 g/mol. The van der Waals surface area contributed by atoms with Gasteiger partial charge in [-0.25, -0.2) is 4.79 Å². The number of amides is 1. The average Bonchev–Trinajstić information content (AvgIpc) is 2.79. The predicted molar refractivity (Wildman–Crippen MR) is 112 cm³/mol. The molecule has 0 fully saturated rings. The van der Waals surface area contributed by atoms with Crippen molar-refractivity contribution in [3.8, 4) is 5.75 Å². The molecular formula is C23H18N2O6. The maximum Gasteiger partial charge on any atom is 0.339 e. The summed E-state index contributed by atoms with van der Waals surface area (Å²) in [6.45, 7) is 0. The molecule has 1 aliphatic heterocycles. The number of anilines is 1. The molecule has 156 valence electrons. The van der Waals surface area contributed by atoms with E-state index in [0.29, 0.717) is 28.8 Å². The molecule has 0 unspecified atom stereocenters.